The Morgan fingerprint density at radius 1 is 1.26 bits per heavy atom. The van der Waals surface area contributed by atoms with Gasteiger partial charge in [-0.05, 0) is 57.0 Å². The number of rotatable bonds is 5. The van der Waals surface area contributed by atoms with Crippen LogP contribution in [0.25, 0.3) is 10.9 Å². The first-order valence-corrected chi connectivity index (χ1v) is 9.01. The van der Waals surface area contributed by atoms with Crippen molar-refractivity contribution in [1.82, 2.24) is 14.8 Å². The molecule has 1 fully saturated rings. The van der Waals surface area contributed by atoms with Gasteiger partial charge in [0, 0.05) is 48.8 Å². The Hall–Kier alpha value is -1.52. The van der Waals surface area contributed by atoms with Gasteiger partial charge < -0.3 is 19.5 Å². The monoisotopic (exact) mass is 313 g/mol. The second-order valence-corrected chi connectivity index (χ2v) is 6.91. The van der Waals surface area contributed by atoms with Crippen LogP contribution in [0.2, 0.25) is 0 Å². The maximum atomic E-state index is 5.99. The molecule has 1 aromatic carbocycles. The summed E-state index contributed by atoms with van der Waals surface area (Å²) >= 11 is 0. The normalized spacial score (nSPS) is 21.7. The van der Waals surface area contributed by atoms with Gasteiger partial charge in [-0.3, -0.25) is 0 Å². The van der Waals surface area contributed by atoms with E-state index in [2.05, 4.69) is 46.0 Å². The van der Waals surface area contributed by atoms with Gasteiger partial charge in [0.1, 0.15) is 5.75 Å². The number of benzene rings is 1. The third kappa shape index (κ3) is 3.10. The first-order chi connectivity index (χ1) is 11.3. The number of aromatic nitrogens is 1. The number of hydrogen-bond acceptors (Lipinski definition) is 3. The summed E-state index contributed by atoms with van der Waals surface area (Å²) in [7, 11) is 0. The predicted molar refractivity (Wildman–Crippen MR) is 94.0 cm³/mol. The molecule has 0 unspecified atom stereocenters. The summed E-state index contributed by atoms with van der Waals surface area (Å²) in [6, 6.07) is 9.57. The molecule has 1 aromatic heterocycles. The van der Waals surface area contributed by atoms with E-state index in [-0.39, 0.29) is 0 Å². The Labute approximate surface area is 138 Å². The molecule has 2 aliphatic heterocycles. The quantitative estimate of drug-likeness (QED) is 0.861. The lowest BCUT2D eigenvalue weighted by Gasteiger charge is -2.20. The fourth-order valence-electron chi connectivity index (χ4n) is 4.00. The summed E-state index contributed by atoms with van der Waals surface area (Å²) in [5.74, 6) is 1.00. The number of fused-ring (bicyclic) bond motifs is 3. The number of nitrogens with one attached hydrogen (secondary N) is 1. The van der Waals surface area contributed by atoms with E-state index < -0.39 is 0 Å². The topological polar surface area (TPSA) is 29.4 Å². The molecule has 3 heterocycles. The second-order valence-electron chi connectivity index (χ2n) is 6.91. The number of nitrogens with zero attached hydrogens (tertiary/aromatic N) is 2. The van der Waals surface area contributed by atoms with E-state index in [9.17, 15) is 0 Å². The SMILES string of the molecule is C[C@@H]1CCCN1CCCOc1ccc2c(c1)cc1n2CCNC1. The molecule has 0 amide bonds. The summed E-state index contributed by atoms with van der Waals surface area (Å²) in [4.78, 5) is 2.58. The number of ether oxygens (including phenoxy) is 1. The molecule has 2 aromatic rings. The van der Waals surface area contributed by atoms with Crippen molar-refractivity contribution in [2.24, 2.45) is 0 Å². The summed E-state index contributed by atoms with van der Waals surface area (Å²) < 4.78 is 8.41. The lowest BCUT2D eigenvalue weighted by Crippen LogP contribution is -2.28. The molecular weight excluding hydrogens is 286 g/mol. The fourth-order valence-corrected chi connectivity index (χ4v) is 4.00. The van der Waals surface area contributed by atoms with Crippen molar-refractivity contribution in [2.45, 2.75) is 45.3 Å². The fraction of sp³-hybridized carbons (Fsp3) is 0.579. The average Bonchev–Trinajstić information content (AvgIpc) is 3.14. The first-order valence-electron chi connectivity index (χ1n) is 9.01. The van der Waals surface area contributed by atoms with Crippen LogP contribution in [0.1, 0.15) is 31.9 Å². The summed E-state index contributed by atoms with van der Waals surface area (Å²) in [5.41, 5.74) is 2.71. The summed E-state index contributed by atoms with van der Waals surface area (Å²) in [6.07, 6.45) is 3.82. The van der Waals surface area contributed by atoms with Gasteiger partial charge in [0.15, 0.2) is 0 Å². The van der Waals surface area contributed by atoms with Crippen LogP contribution in [0, 0.1) is 0 Å². The van der Waals surface area contributed by atoms with Crippen LogP contribution in [-0.2, 0) is 13.1 Å². The van der Waals surface area contributed by atoms with Crippen molar-refractivity contribution >= 4 is 10.9 Å². The van der Waals surface area contributed by atoms with Crippen LogP contribution in [0.15, 0.2) is 24.3 Å². The molecule has 4 rings (SSSR count). The third-order valence-electron chi connectivity index (χ3n) is 5.33. The summed E-state index contributed by atoms with van der Waals surface area (Å²) in [5, 5.41) is 4.73. The van der Waals surface area contributed by atoms with Gasteiger partial charge in [-0.15, -0.1) is 0 Å². The van der Waals surface area contributed by atoms with Gasteiger partial charge in [-0.2, -0.15) is 0 Å². The Kier molecular flexibility index (Phi) is 4.27. The second kappa shape index (κ2) is 6.54. The maximum absolute atomic E-state index is 5.99. The van der Waals surface area contributed by atoms with Crippen molar-refractivity contribution in [1.29, 1.82) is 0 Å². The van der Waals surface area contributed by atoms with E-state index in [1.807, 2.05) is 0 Å². The maximum Gasteiger partial charge on any atom is 0.120 e. The highest BCUT2D eigenvalue weighted by molar-refractivity contribution is 5.83. The van der Waals surface area contributed by atoms with Crippen molar-refractivity contribution in [3.8, 4) is 5.75 Å². The van der Waals surface area contributed by atoms with E-state index in [4.69, 9.17) is 4.74 Å². The molecule has 1 saturated heterocycles. The molecule has 124 valence electrons. The van der Waals surface area contributed by atoms with Gasteiger partial charge >= 0.3 is 0 Å². The minimum Gasteiger partial charge on any atom is -0.494 e. The van der Waals surface area contributed by atoms with E-state index in [1.54, 1.807) is 0 Å². The molecule has 2 aliphatic rings. The largest absolute Gasteiger partial charge is 0.494 e. The lowest BCUT2D eigenvalue weighted by molar-refractivity contribution is 0.230. The highest BCUT2D eigenvalue weighted by atomic mass is 16.5. The molecule has 0 spiro atoms. The molecule has 0 saturated carbocycles. The molecule has 0 bridgehead atoms. The number of likely N-dealkylation sites (tertiary alicyclic amines) is 1. The van der Waals surface area contributed by atoms with Gasteiger partial charge in [-0.25, -0.2) is 0 Å². The molecular formula is C19H27N3O. The predicted octanol–water partition coefficient (Wildman–Crippen LogP) is 3.00. The highest BCUT2D eigenvalue weighted by Gasteiger charge is 2.19. The zero-order valence-corrected chi connectivity index (χ0v) is 14.1. The standard InChI is InChI=1S/C19H27N3O/c1-15-4-2-8-21(15)9-3-11-23-18-5-6-19-16(13-18)12-17-14-20-7-10-22(17)19/h5-6,12-13,15,20H,2-4,7-11,14H2,1H3/t15-/m1/s1. The van der Waals surface area contributed by atoms with E-state index >= 15 is 0 Å². The van der Waals surface area contributed by atoms with E-state index in [0.29, 0.717) is 0 Å². The molecule has 0 radical (unpaired) electrons. The molecule has 1 atom stereocenters. The van der Waals surface area contributed by atoms with Gasteiger partial charge in [0.05, 0.1) is 6.61 Å². The Morgan fingerprint density at radius 3 is 3.09 bits per heavy atom. The molecule has 4 nitrogen and oxygen atoms in total. The van der Waals surface area contributed by atoms with Crippen LogP contribution in [-0.4, -0.2) is 41.8 Å². The van der Waals surface area contributed by atoms with E-state index in [1.165, 1.54) is 36.0 Å². The van der Waals surface area contributed by atoms with Crippen LogP contribution < -0.4 is 10.1 Å². The Morgan fingerprint density at radius 2 is 2.22 bits per heavy atom. The zero-order chi connectivity index (χ0) is 15.6. The zero-order valence-electron chi connectivity index (χ0n) is 14.1. The van der Waals surface area contributed by atoms with E-state index in [0.717, 1.165) is 51.0 Å². The van der Waals surface area contributed by atoms with Crippen LogP contribution in [0.4, 0.5) is 0 Å². The molecule has 4 heteroatoms. The Balaban J connectivity index is 1.36. The lowest BCUT2D eigenvalue weighted by atomic mass is 10.2. The number of hydrogen-bond donors (Lipinski definition) is 1. The smallest absolute Gasteiger partial charge is 0.120 e. The van der Waals surface area contributed by atoms with Crippen molar-refractivity contribution in [2.75, 3.05) is 26.2 Å². The van der Waals surface area contributed by atoms with Gasteiger partial charge in [0.25, 0.3) is 0 Å². The van der Waals surface area contributed by atoms with Gasteiger partial charge in [0.2, 0.25) is 0 Å². The van der Waals surface area contributed by atoms with Crippen molar-refractivity contribution < 1.29 is 4.74 Å². The van der Waals surface area contributed by atoms with Gasteiger partial charge in [-0.1, -0.05) is 0 Å². The summed E-state index contributed by atoms with van der Waals surface area (Å²) in [6.45, 7) is 8.66. The third-order valence-corrected chi connectivity index (χ3v) is 5.33. The van der Waals surface area contributed by atoms with Crippen molar-refractivity contribution in [3.05, 3.63) is 30.0 Å². The molecule has 23 heavy (non-hydrogen) atoms. The molecule has 0 aliphatic carbocycles. The minimum atomic E-state index is 0.757. The van der Waals surface area contributed by atoms with Crippen LogP contribution in [0.5, 0.6) is 5.75 Å². The van der Waals surface area contributed by atoms with Crippen molar-refractivity contribution in [3.63, 3.8) is 0 Å². The van der Waals surface area contributed by atoms with Crippen LogP contribution >= 0.6 is 0 Å². The van der Waals surface area contributed by atoms with Crippen LogP contribution in [0.3, 0.4) is 0 Å². The highest BCUT2D eigenvalue weighted by Crippen LogP contribution is 2.26. The molecule has 1 N–H and O–H groups in total. The minimum absolute atomic E-state index is 0.757. The first kappa shape index (κ1) is 15.0. The average molecular weight is 313 g/mol. The Bertz CT molecular complexity index is 679.